The first-order chi connectivity index (χ1) is 20.5. The van der Waals surface area contributed by atoms with Gasteiger partial charge in [0.1, 0.15) is 11.1 Å². The van der Waals surface area contributed by atoms with E-state index in [4.69, 9.17) is 9.47 Å². The third kappa shape index (κ3) is 6.45. The Labute approximate surface area is 252 Å². The number of nitrogens with zero attached hydrogens (tertiary/aromatic N) is 6. The summed E-state index contributed by atoms with van der Waals surface area (Å²) in [5, 5.41) is 8.57. The van der Waals surface area contributed by atoms with Crippen LogP contribution in [0.15, 0.2) is 30.3 Å². The van der Waals surface area contributed by atoms with E-state index >= 15 is 0 Å². The Bertz CT molecular complexity index is 1520. The van der Waals surface area contributed by atoms with Crippen molar-refractivity contribution in [3.05, 3.63) is 58.1 Å². The Morgan fingerprint density at radius 3 is 2.37 bits per heavy atom. The first-order valence-corrected chi connectivity index (χ1v) is 15.0. The average Bonchev–Trinajstić information content (AvgIpc) is 3.36. The van der Waals surface area contributed by atoms with Gasteiger partial charge in [0.05, 0.1) is 18.5 Å². The van der Waals surface area contributed by atoms with Crippen molar-refractivity contribution in [3.8, 4) is 0 Å². The number of hydrogen-bond donors (Lipinski definition) is 0. The molecule has 3 amide bonds. The van der Waals surface area contributed by atoms with Crippen molar-refractivity contribution >= 4 is 29.1 Å². The van der Waals surface area contributed by atoms with Crippen LogP contribution in [0.25, 0.3) is 11.0 Å². The molecule has 0 spiro atoms. The lowest BCUT2D eigenvalue weighted by molar-refractivity contribution is -0.143. The van der Waals surface area contributed by atoms with E-state index in [0.717, 1.165) is 33.3 Å². The molecule has 0 N–H and O–H groups in total. The Kier molecular flexibility index (Phi) is 8.62. The van der Waals surface area contributed by atoms with Crippen LogP contribution in [0, 0.1) is 6.92 Å². The van der Waals surface area contributed by atoms with E-state index in [1.54, 1.807) is 9.58 Å². The fourth-order valence-electron chi connectivity index (χ4n) is 6.14. The molecule has 0 bridgehead atoms. The normalized spacial score (nSPS) is 16.2. The summed E-state index contributed by atoms with van der Waals surface area (Å²) in [6, 6.07) is 10.2. The first-order valence-electron chi connectivity index (χ1n) is 15.0. The first kappa shape index (κ1) is 30.3. The average molecular weight is 591 g/mol. The summed E-state index contributed by atoms with van der Waals surface area (Å²) in [5.41, 5.74) is 6.56. The summed E-state index contributed by atoms with van der Waals surface area (Å²) in [4.78, 5) is 44.2. The summed E-state index contributed by atoms with van der Waals surface area (Å²) in [6.45, 7) is 12.6. The molecule has 2 aromatic carbocycles. The SMILES string of the molecule is CCOC(=O)CC(c1cccc2c1CCN(C(=O)N1CCN(C(=O)OC(C)(C)C)CC1)C2)c1ccc2c(nnn2C)c1C. The van der Waals surface area contributed by atoms with E-state index in [1.807, 2.05) is 63.6 Å². The second-order valence-electron chi connectivity index (χ2n) is 12.3. The highest BCUT2D eigenvalue weighted by atomic mass is 16.6. The molecular weight excluding hydrogens is 548 g/mol. The van der Waals surface area contributed by atoms with Gasteiger partial charge in [-0.1, -0.05) is 29.5 Å². The molecule has 1 atom stereocenters. The van der Waals surface area contributed by atoms with Gasteiger partial charge in [0.25, 0.3) is 0 Å². The molecule has 11 heteroatoms. The zero-order valence-corrected chi connectivity index (χ0v) is 26.1. The Balaban J connectivity index is 1.35. The molecule has 1 unspecified atom stereocenters. The third-order valence-electron chi connectivity index (χ3n) is 8.28. The van der Waals surface area contributed by atoms with Gasteiger partial charge in [-0.25, -0.2) is 14.3 Å². The molecule has 5 rings (SSSR count). The Morgan fingerprint density at radius 2 is 1.67 bits per heavy atom. The second kappa shape index (κ2) is 12.2. The van der Waals surface area contributed by atoms with Crippen molar-refractivity contribution in [2.24, 2.45) is 7.05 Å². The van der Waals surface area contributed by atoms with Gasteiger partial charge in [-0.2, -0.15) is 0 Å². The van der Waals surface area contributed by atoms with Gasteiger partial charge < -0.3 is 24.2 Å². The zero-order valence-electron chi connectivity index (χ0n) is 26.1. The number of piperazine rings is 1. The van der Waals surface area contributed by atoms with E-state index in [0.29, 0.717) is 52.3 Å². The molecule has 2 aliphatic rings. The van der Waals surface area contributed by atoms with Crippen LogP contribution in [0.3, 0.4) is 0 Å². The molecule has 43 heavy (non-hydrogen) atoms. The lowest BCUT2D eigenvalue weighted by atomic mass is 9.80. The molecule has 11 nitrogen and oxygen atoms in total. The smallest absolute Gasteiger partial charge is 0.410 e. The standard InChI is InChI=1S/C32H42N6O5/c1-7-42-28(39)19-26(23-11-12-27-29(21(23)2)33-34-35(27)6)25-10-8-9-22-20-38(14-13-24(22)25)30(40)36-15-17-37(18-16-36)31(41)43-32(3,4)5/h8-12,26H,7,13-20H2,1-6H3. The lowest BCUT2D eigenvalue weighted by Gasteiger charge is -2.39. The van der Waals surface area contributed by atoms with Crippen LogP contribution in [0.1, 0.15) is 67.9 Å². The van der Waals surface area contributed by atoms with E-state index in [1.165, 1.54) is 5.56 Å². The predicted octanol–water partition coefficient (Wildman–Crippen LogP) is 4.39. The van der Waals surface area contributed by atoms with Crippen molar-refractivity contribution in [2.75, 3.05) is 39.3 Å². The van der Waals surface area contributed by atoms with Crippen LogP contribution >= 0.6 is 0 Å². The van der Waals surface area contributed by atoms with Gasteiger partial charge in [-0.3, -0.25) is 4.79 Å². The highest BCUT2D eigenvalue weighted by molar-refractivity contribution is 5.81. The quantitative estimate of drug-likeness (QED) is 0.405. The summed E-state index contributed by atoms with van der Waals surface area (Å²) in [7, 11) is 1.87. The van der Waals surface area contributed by atoms with Gasteiger partial charge in [0.2, 0.25) is 0 Å². The molecular formula is C32H42N6O5. The van der Waals surface area contributed by atoms with Gasteiger partial charge in [0, 0.05) is 52.2 Å². The van der Waals surface area contributed by atoms with Crippen LogP contribution in [-0.4, -0.2) is 92.7 Å². The Morgan fingerprint density at radius 1 is 0.953 bits per heavy atom. The topological polar surface area (TPSA) is 110 Å². The third-order valence-corrected chi connectivity index (χ3v) is 8.28. The largest absolute Gasteiger partial charge is 0.466 e. The van der Waals surface area contributed by atoms with Crippen molar-refractivity contribution in [1.82, 2.24) is 29.7 Å². The minimum absolute atomic E-state index is 0.0214. The summed E-state index contributed by atoms with van der Waals surface area (Å²) >= 11 is 0. The highest BCUT2D eigenvalue weighted by Crippen LogP contribution is 2.37. The number of aryl methyl sites for hydroxylation is 2. The van der Waals surface area contributed by atoms with Crippen LogP contribution in [0.5, 0.6) is 0 Å². The predicted molar refractivity (Wildman–Crippen MR) is 162 cm³/mol. The van der Waals surface area contributed by atoms with Crippen LogP contribution in [-0.2, 0) is 34.3 Å². The monoisotopic (exact) mass is 590 g/mol. The van der Waals surface area contributed by atoms with Gasteiger partial charge >= 0.3 is 18.1 Å². The lowest BCUT2D eigenvalue weighted by Crippen LogP contribution is -2.55. The van der Waals surface area contributed by atoms with E-state index in [2.05, 4.69) is 28.5 Å². The van der Waals surface area contributed by atoms with Crippen LogP contribution in [0.2, 0.25) is 0 Å². The number of benzene rings is 2. The minimum Gasteiger partial charge on any atom is -0.466 e. The number of hydrogen-bond acceptors (Lipinski definition) is 7. The number of urea groups is 1. The van der Waals surface area contributed by atoms with Crippen molar-refractivity contribution < 1.29 is 23.9 Å². The molecule has 2 aliphatic heterocycles. The minimum atomic E-state index is -0.555. The molecule has 3 heterocycles. The number of carbonyl (C=O) groups is 3. The van der Waals surface area contributed by atoms with Crippen LogP contribution < -0.4 is 0 Å². The maximum Gasteiger partial charge on any atom is 0.410 e. The molecule has 0 radical (unpaired) electrons. The number of amides is 3. The Hall–Kier alpha value is -4.15. The molecule has 0 aliphatic carbocycles. The fraction of sp³-hybridized carbons (Fsp3) is 0.531. The molecule has 1 aromatic heterocycles. The summed E-state index contributed by atoms with van der Waals surface area (Å²) in [5.74, 6) is -0.467. The maximum atomic E-state index is 13.5. The molecule has 3 aromatic rings. The van der Waals surface area contributed by atoms with Gasteiger partial charge in [0.15, 0.2) is 0 Å². The van der Waals surface area contributed by atoms with Crippen molar-refractivity contribution in [1.29, 1.82) is 0 Å². The van der Waals surface area contributed by atoms with Crippen LogP contribution in [0.4, 0.5) is 9.59 Å². The van der Waals surface area contributed by atoms with Crippen molar-refractivity contribution in [2.45, 2.75) is 65.5 Å². The number of ether oxygens (including phenoxy) is 2. The molecule has 1 fully saturated rings. The molecule has 230 valence electrons. The van der Waals surface area contributed by atoms with E-state index in [9.17, 15) is 14.4 Å². The maximum absolute atomic E-state index is 13.5. The van der Waals surface area contributed by atoms with Crippen molar-refractivity contribution in [3.63, 3.8) is 0 Å². The number of esters is 1. The summed E-state index contributed by atoms with van der Waals surface area (Å²) in [6.07, 6.45) is 0.549. The molecule has 0 saturated carbocycles. The number of aromatic nitrogens is 3. The summed E-state index contributed by atoms with van der Waals surface area (Å²) < 4.78 is 12.6. The molecule has 1 saturated heterocycles. The van der Waals surface area contributed by atoms with E-state index in [-0.39, 0.29) is 30.4 Å². The van der Waals surface area contributed by atoms with Gasteiger partial charge in [-0.05, 0) is 74.9 Å². The zero-order chi connectivity index (χ0) is 30.9. The number of carbonyl (C=O) groups excluding carboxylic acids is 3. The highest BCUT2D eigenvalue weighted by Gasteiger charge is 2.33. The second-order valence-corrected chi connectivity index (χ2v) is 12.3. The fourth-order valence-corrected chi connectivity index (χ4v) is 6.14. The number of rotatable bonds is 5. The number of fused-ring (bicyclic) bond motifs is 2. The van der Waals surface area contributed by atoms with Gasteiger partial charge in [-0.15, -0.1) is 5.10 Å². The van der Waals surface area contributed by atoms with E-state index < -0.39 is 5.60 Å².